The van der Waals surface area contributed by atoms with E-state index in [0.29, 0.717) is 5.92 Å². The van der Waals surface area contributed by atoms with Crippen molar-refractivity contribution in [3.8, 4) is 11.3 Å². The molecule has 0 amide bonds. The van der Waals surface area contributed by atoms with Gasteiger partial charge in [0.2, 0.25) is 0 Å². The molecule has 0 aromatic carbocycles. The molecule has 80 valence electrons. The number of hydrogen-bond acceptors (Lipinski definition) is 2. The van der Waals surface area contributed by atoms with E-state index in [1.165, 1.54) is 0 Å². The quantitative estimate of drug-likeness (QED) is 0.833. The Balaban J connectivity index is 0.00000128. The zero-order chi connectivity index (χ0) is 10.7. The molecule has 0 saturated heterocycles. The molecule has 2 aromatic heterocycles. The summed E-state index contributed by atoms with van der Waals surface area (Å²) in [7, 11) is 0. The summed E-state index contributed by atoms with van der Waals surface area (Å²) in [5.74, 6) is 1.67. The van der Waals surface area contributed by atoms with Gasteiger partial charge >= 0.3 is 0 Å². The standard InChI is InChI=1S/C12H15N3.H2/c1-9(2)6-12-14-8-11(15-12)10-4-3-5-13-7-10;/h3-5,7-9H,6H2,1-2H3,(H,14,15);1H. The highest BCUT2D eigenvalue weighted by Gasteiger charge is 2.04. The molecule has 3 heteroatoms. The summed E-state index contributed by atoms with van der Waals surface area (Å²) in [6.07, 6.45) is 6.47. The van der Waals surface area contributed by atoms with Gasteiger partial charge in [0, 0.05) is 25.8 Å². The second kappa shape index (κ2) is 4.26. The molecule has 0 aliphatic carbocycles. The van der Waals surface area contributed by atoms with Crippen molar-refractivity contribution in [3.05, 3.63) is 36.5 Å². The van der Waals surface area contributed by atoms with E-state index in [2.05, 4.69) is 28.8 Å². The molecule has 0 spiro atoms. The van der Waals surface area contributed by atoms with Gasteiger partial charge in [0.15, 0.2) is 0 Å². The summed E-state index contributed by atoms with van der Waals surface area (Å²) in [5.41, 5.74) is 2.12. The van der Waals surface area contributed by atoms with Gasteiger partial charge in [-0.2, -0.15) is 0 Å². The first-order valence-corrected chi connectivity index (χ1v) is 5.20. The van der Waals surface area contributed by atoms with E-state index >= 15 is 0 Å². The van der Waals surface area contributed by atoms with E-state index in [0.717, 1.165) is 23.5 Å². The van der Waals surface area contributed by atoms with Crippen LogP contribution >= 0.6 is 0 Å². The fraction of sp³-hybridized carbons (Fsp3) is 0.333. The third-order valence-electron chi connectivity index (χ3n) is 2.20. The highest BCUT2D eigenvalue weighted by molar-refractivity contribution is 5.56. The molecule has 0 radical (unpaired) electrons. The first-order valence-electron chi connectivity index (χ1n) is 5.20. The van der Waals surface area contributed by atoms with Gasteiger partial charge in [-0.15, -0.1) is 0 Å². The minimum Gasteiger partial charge on any atom is -0.342 e. The molecule has 0 atom stereocenters. The van der Waals surface area contributed by atoms with Crippen molar-refractivity contribution < 1.29 is 1.43 Å². The number of rotatable bonds is 3. The van der Waals surface area contributed by atoms with Gasteiger partial charge in [0.1, 0.15) is 5.82 Å². The van der Waals surface area contributed by atoms with Crippen molar-refractivity contribution in [1.82, 2.24) is 15.0 Å². The van der Waals surface area contributed by atoms with E-state index in [4.69, 9.17) is 0 Å². The van der Waals surface area contributed by atoms with Crippen molar-refractivity contribution in [2.24, 2.45) is 5.92 Å². The second-order valence-corrected chi connectivity index (χ2v) is 4.08. The Labute approximate surface area is 91.1 Å². The third-order valence-corrected chi connectivity index (χ3v) is 2.20. The summed E-state index contributed by atoms with van der Waals surface area (Å²) in [4.78, 5) is 11.7. The van der Waals surface area contributed by atoms with Crippen LogP contribution in [0.4, 0.5) is 0 Å². The highest BCUT2D eigenvalue weighted by atomic mass is 14.9. The van der Waals surface area contributed by atoms with Crippen LogP contribution in [0.5, 0.6) is 0 Å². The largest absolute Gasteiger partial charge is 0.342 e. The van der Waals surface area contributed by atoms with Crippen molar-refractivity contribution in [2.75, 3.05) is 0 Å². The molecule has 15 heavy (non-hydrogen) atoms. The van der Waals surface area contributed by atoms with E-state index in [1.54, 1.807) is 6.20 Å². The molecule has 2 aromatic rings. The van der Waals surface area contributed by atoms with Gasteiger partial charge in [-0.05, 0) is 18.1 Å². The molecule has 0 aliphatic heterocycles. The Morgan fingerprint density at radius 3 is 2.93 bits per heavy atom. The maximum absolute atomic E-state index is 4.35. The van der Waals surface area contributed by atoms with E-state index < -0.39 is 0 Å². The maximum Gasteiger partial charge on any atom is 0.106 e. The Bertz CT molecular complexity index is 423. The lowest BCUT2D eigenvalue weighted by Crippen LogP contribution is -1.95. The lowest BCUT2D eigenvalue weighted by molar-refractivity contribution is 0.626. The van der Waals surface area contributed by atoms with Crippen LogP contribution in [0.3, 0.4) is 0 Å². The fourth-order valence-electron chi connectivity index (χ4n) is 1.52. The molecule has 3 nitrogen and oxygen atoms in total. The molecule has 0 saturated carbocycles. The predicted molar refractivity (Wildman–Crippen MR) is 62.5 cm³/mol. The summed E-state index contributed by atoms with van der Waals surface area (Å²) in [6, 6.07) is 3.96. The first-order chi connectivity index (χ1) is 7.25. The first kappa shape index (κ1) is 9.90. The lowest BCUT2D eigenvalue weighted by atomic mass is 10.1. The topological polar surface area (TPSA) is 41.6 Å². The maximum atomic E-state index is 4.35. The number of aromatic nitrogens is 3. The van der Waals surface area contributed by atoms with Gasteiger partial charge in [0.05, 0.1) is 11.9 Å². The molecular formula is C12H17N3. The fourth-order valence-corrected chi connectivity index (χ4v) is 1.52. The summed E-state index contributed by atoms with van der Waals surface area (Å²) in [5, 5.41) is 0. The van der Waals surface area contributed by atoms with Gasteiger partial charge in [0.25, 0.3) is 0 Å². The molecule has 0 fully saturated rings. The highest BCUT2D eigenvalue weighted by Crippen LogP contribution is 2.16. The third kappa shape index (κ3) is 2.43. The molecule has 0 aliphatic rings. The van der Waals surface area contributed by atoms with Crippen LogP contribution in [-0.2, 0) is 6.42 Å². The van der Waals surface area contributed by atoms with E-state index in [-0.39, 0.29) is 1.43 Å². The van der Waals surface area contributed by atoms with Crippen LogP contribution in [0, 0.1) is 5.92 Å². The normalized spacial score (nSPS) is 10.9. The minimum absolute atomic E-state index is 0. The number of imidazole rings is 1. The number of pyridine rings is 1. The van der Waals surface area contributed by atoms with Crippen LogP contribution < -0.4 is 0 Å². The van der Waals surface area contributed by atoms with Crippen LogP contribution in [0.2, 0.25) is 0 Å². The average molecular weight is 203 g/mol. The Kier molecular flexibility index (Phi) is 2.81. The average Bonchev–Trinajstić information content (AvgIpc) is 2.67. The van der Waals surface area contributed by atoms with Crippen molar-refractivity contribution >= 4 is 0 Å². The van der Waals surface area contributed by atoms with Crippen molar-refractivity contribution in [2.45, 2.75) is 20.3 Å². The summed E-state index contributed by atoms with van der Waals surface area (Å²) < 4.78 is 0. The smallest absolute Gasteiger partial charge is 0.106 e. The molecule has 0 bridgehead atoms. The number of aromatic amines is 1. The Hall–Kier alpha value is -1.64. The van der Waals surface area contributed by atoms with Crippen LogP contribution in [0.15, 0.2) is 30.7 Å². The lowest BCUT2D eigenvalue weighted by Gasteiger charge is -1.99. The molecule has 2 rings (SSSR count). The zero-order valence-electron chi connectivity index (χ0n) is 9.07. The van der Waals surface area contributed by atoms with Gasteiger partial charge < -0.3 is 4.98 Å². The van der Waals surface area contributed by atoms with Crippen molar-refractivity contribution in [3.63, 3.8) is 0 Å². The zero-order valence-corrected chi connectivity index (χ0v) is 9.07. The van der Waals surface area contributed by atoms with Crippen LogP contribution in [0.25, 0.3) is 11.3 Å². The van der Waals surface area contributed by atoms with Gasteiger partial charge in [-0.25, -0.2) is 4.98 Å². The Morgan fingerprint density at radius 1 is 1.40 bits per heavy atom. The van der Waals surface area contributed by atoms with E-state index in [1.807, 2.05) is 24.5 Å². The van der Waals surface area contributed by atoms with Gasteiger partial charge in [-0.1, -0.05) is 13.8 Å². The van der Waals surface area contributed by atoms with Crippen LogP contribution in [0.1, 0.15) is 21.1 Å². The number of nitrogens with one attached hydrogen (secondary N) is 1. The van der Waals surface area contributed by atoms with Crippen LogP contribution in [-0.4, -0.2) is 15.0 Å². The van der Waals surface area contributed by atoms with Gasteiger partial charge in [-0.3, -0.25) is 4.98 Å². The summed E-state index contributed by atoms with van der Waals surface area (Å²) in [6.45, 7) is 4.37. The molecule has 0 unspecified atom stereocenters. The predicted octanol–water partition coefficient (Wildman–Crippen LogP) is 2.92. The number of hydrogen-bond donors (Lipinski definition) is 1. The van der Waals surface area contributed by atoms with E-state index in [9.17, 15) is 0 Å². The van der Waals surface area contributed by atoms with Crippen molar-refractivity contribution in [1.29, 1.82) is 0 Å². The number of H-pyrrole nitrogens is 1. The minimum atomic E-state index is 0. The number of nitrogens with zero attached hydrogens (tertiary/aromatic N) is 2. The molecular weight excluding hydrogens is 186 g/mol. The SMILES string of the molecule is CC(C)Cc1ncc(-c2cccnc2)[nH]1.[HH]. The molecule has 1 N–H and O–H groups in total. The molecule has 2 heterocycles. The monoisotopic (exact) mass is 203 g/mol. The Morgan fingerprint density at radius 2 is 2.27 bits per heavy atom. The summed E-state index contributed by atoms with van der Waals surface area (Å²) >= 11 is 0. The second-order valence-electron chi connectivity index (χ2n) is 4.08.